The fourth-order valence-electron chi connectivity index (χ4n) is 4.32. The Morgan fingerprint density at radius 2 is 1.57 bits per heavy atom. The highest BCUT2D eigenvalue weighted by molar-refractivity contribution is 5.85. The van der Waals surface area contributed by atoms with Gasteiger partial charge in [0.1, 0.15) is 18.2 Å². The minimum atomic E-state index is -1.00. The molecule has 0 saturated carbocycles. The largest absolute Gasteiger partial charge is 0.481 e. The number of aliphatic carboxylic acids is 1. The van der Waals surface area contributed by atoms with Crippen molar-refractivity contribution in [1.29, 1.82) is 0 Å². The summed E-state index contributed by atoms with van der Waals surface area (Å²) in [5.74, 6) is -1.80. The molecule has 4 N–H and O–H groups in total. The van der Waals surface area contributed by atoms with E-state index in [1.165, 1.54) is 31.3 Å². The van der Waals surface area contributed by atoms with Gasteiger partial charge in [0.05, 0.1) is 29.4 Å². The Morgan fingerprint density at radius 3 is 2.08 bits per heavy atom. The van der Waals surface area contributed by atoms with E-state index in [0.29, 0.717) is 37.5 Å². The number of rotatable bonds is 21. The van der Waals surface area contributed by atoms with E-state index in [9.17, 15) is 29.3 Å². The van der Waals surface area contributed by atoms with Crippen molar-refractivity contribution >= 4 is 46.7 Å². The summed E-state index contributed by atoms with van der Waals surface area (Å²) in [4.78, 5) is 57.3. The molecule has 1 atom stereocenters. The lowest BCUT2D eigenvalue weighted by Gasteiger charge is -2.26. The zero-order valence-corrected chi connectivity index (χ0v) is 29.8. The summed E-state index contributed by atoms with van der Waals surface area (Å²) in [7, 11) is 3.07. The van der Waals surface area contributed by atoms with E-state index >= 15 is 0 Å². The summed E-state index contributed by atoms with van der Waals surface area (Å²) in [6.45, 7) is 7.19. The number of nitro benzene ring substituents is 1. The van der Waals surface area contributed by atoms with Crippen molar-refractivity contribution in [2.75, 3.05) is 52.0 Å². The molecule has 0 heterocycles. The highest BCUT2D eigenvalue weighted by Crippen LogP contribution is 2.24. The quantitative estimate of drug-likeness (QED) is 0.0437. The van der Waals surface area contributed by atoms with Gasteiger partial charge < -0.3 is 40.0 Å². The lowest BCUT2D eigenvalue weighted by molar-refractivity contribution is -0.384. The maximum absolute atomic E-state index is 11.7. The van der Waals surface area contributed by atoms with Crippen molar-refractivity contribution in [3.05, 3.63) is 58.6 Å². The van der Waals surface area contributed by atoms with E-state index in [2.05, 4.69) is 20.9 Å². The van der Waals surface area contributed by atoms with Gasteiger partial charge in [0, 0.05) is 58.0 Å². The molecule has 0 aliphatic heterocycles. The van der Waals surface area contributed by atoms with Crippen LogP contribution < -0.4 is 15.5 Å². The molecule has 1 unspecified atom stereocenters. The summed E-state index contributed by atoms with van der Waals surface area (Å²) >= 11 is 0. The average molecular weight is 719 g/mol. The number of unbranched alkanes of at least 4 members (excludes halogenated alkanes) is 1. The van der Waals surface area contributed by atoms with Crippen LogP contribution in [0.2, 0.25) is 0 Å². The molecule has 51 heavy (non-hydrogen) atoms. The third-order valence-electron chi connectivity index (χ3n) is 7.12. The summed E-state index contributed by atoms with van der Waals surface area (Å²) in [6.07, 6.45) is 2.03. The van der Waals surface area contributed by atoms with Gasteiger partial charge in [-0.1, -0.05) is 0 Å². The molecular weight excluding hydrogens is 668 g/mol. The zero-order chi connectivity index (χ0) is 38.2. The maximum Gasteiger partial charge on any atom is 0.408 e. The summed E-state index contributed by atoms with van der Waals surface area (Å²) in [5, 5.41) is 41.2. The van der Waals surface area contributed by atoms with Gasteiger partial charge in [0.25, 0.3) is 5.69 Å². The third kappa shape index (κ3) is 19.0. The number of hydrogen-bond donors (Lipinski definition) is 4. The molecule has 0 fully saturated rings. The number of carbonyl (C=O) groups excluding carboxylic acids is 3. The van der Waals surface area contributed by atoms with Crippen molar-refractivity contribution < 1.29 is 48.5 Å². The van der Waals surface area contributed by atoms with E-state index in [1.807, 2.05) is 24.0 Å². The third-order valence-corrected chi connectivity index (χ3v) is 7.12. The van der Waals surface area contributed by atoms with Crippen LogP contribution in [0.15, 0.2) is 58.8 Å². The van der Waals surface area contributed by atoms with Crippen molar-refractivity contribution in [3.63, 3.8) is 0 Å². The zero-order valence-electron chi connectivity index (χ0n) is 29.8. The number of amides is 2. The Balaban J connectivity index is 0.000000564. The molecule has 2 amide bonds. The first-order valence-electron chi connectivity index (χ1n) is 16.4. The van der Waals surface area contributed by atoms with E-state index in [4.69, 9.17) is 24.4 Å². The minimum Gasteiger partial charge on any atom is -0.481 e. The molecular formula is C34H50N6O11. The number of carbonyl (C=O) groups is 4. The molecule has 2 rings (SSSR count). The molecule has 0 aromatic heterocycles. The second-order valence-corrected chi connectivity index (χ2v) is 11.6. The normalized spacial score (nSPS) is 11.5. The second kappa shape index (κ2) is 24.1. The first kappa shape index (κ1) is 43.9. The van der Waals surface area contributed by atoms with Gasteiger partial charge in [-0.05, 0) is 82.9 Å². The lowest BCUT2D eigenvalue weighted by atomic mass is 10.0. The van der Waals surface area contributed by atoms with Crippen molar-refractivity contribution in [3.8, 4) is 0 Å². The van der Waals surface area contributed by atoms with Crippen LogP contribution in [-0.4, -0.2) is 97.8 Å². The Hall–Kier alpha value is -5.16. The summed E-state index contributed by atoms with van der Waals surface area (Å²) in [5.41, 5.74) is 1.42. The molecule has 2 aromatic carbocycles. The molecule has 17 heteroatoms. The number of alkyl carbamates (subject to hydrolysis) is 1. The molecule has 282 valence electrons. The fourth-order valence-corrected chi connectivity index (χ4v) is 4.32. The summed E-state index contributed by atoms with van der Waals surface area (Å²) in [6, 6.07) is 12.1. The van der Waals surface area contributed by atoms with Gasteiger partial charge in [-0.25, -0.2) is 4.79 Å². The van der Waals surface area contributed by atoms with Crippen LogP contribution in [0.3, 0.4) is 0 Å². The van der Waals surface area contributed by atoms with E-state index in [1.54, 1.807) is 33.1 Å². The van der Waals surface area contributed by atoms with Crippen molar-refractivity contribution in [1.82, 2.24) is 10.6 Å². The first-order valence-corrected chi connectivity index (χ1v) is 16.4. The average Bonchev–Trinajstić information content (AvgIpc) is 3.10. The molecule has 2 aromatic rings. The molecule has 0 bridgehead atoms. The fraction of sp³-hybridized carbons (Fsp3) is 0.529. The van der Waals surface area contributed by atoms with E-state index < -0.39 is 47.1 Å². The van der Waals surface area contributed by atoms with Gasteiger partial charge in [-0.2, -0.15) is 10.2 Å². The van der Waals surface area contributed by atoms with E-state index in [0.717, 1.165) is 18.5 Å². The Bertz CT molecular complexity index is 1400. The number of nitro groups is 1. The highest BCUT2D eigenvalue weighted by atomic mass is 16.6. The van der Waals surface area contributed by atoms with Gasteiger partial charge >= 0.3 is 18.0 Å². The van der Waals surface area contributed by atoms with Crippen LogP contribution in [-0.2, 0) is 28.6 Å². The first-order chi connectivity index (χ1) is 24.2. The predicted octanol–water partition coefficient (Wildman–Crippen LogP) is 5.05. The molecule has 0 aliphatic rings. The van der Waals surface area contributed by atoms with Gasteiger partial charge in [-0.15, -0.1) is 0 Å². The van der Waals surface area contributed by atoms with Crippen LogP contribution >= 0.6 is 0 Å². The Morgan fingerprint density at radius 1 is 0.961 bits per heavy atom. The molecule has 0 radical (unpaired) electrons. The molecule has 17 nitrogen and oxygen atoms in total. The predicted molar refractivity (Wildman–Crippen MR) is 188 cm³/mol. The molecule has 0 saturated heterocycles. The smallest absolute Gasteiger partial charge is 0.408 e. The Labute approximate surface area is 297 Å². The van der Waals surface area contributed by atoms with Gasteiger partial charge in [-0.3, -0.25) is 24.5 Å². The maximum atomic E-state index is 11.7. The number of aliphatic hydroxyl groups is 1. The van der Waals surface area contributed by atoms with Crippen LogP contribution in [0.1, 0.15) is 59.3 Å². The Kier molecular flexibility index (Phi) is 20.7. The van der Waals surface area contributed by atoms with Crippen LogP contribution in [0.25, 0.3) is 0 Å². The second-order valence-electron chi connectivity index (χ2n) is 11.6. The number of azo groups is 1. The van der Waals surface area contributed by atoms with Gasteiger partial charge in [0.2, 0.25) is 5.91 Å². The number of nitrogens with one attached hydrogen (secondary N) is 2. The van der Waals surface area contributed by atoms with Crippen molar-refractivity contribution in [2.45, 2.75) is 70.9 Å². The molecule has 0 aliphatic carbocycles. The van der Waals surface area contributed by atoms with Gasteiger partial charge in [0.15, 0.2) is 0 Å². The summed E-state index contributed by atoms with van der Waals surface area (Å²) < 4.78 is 15.4. The SMILES string of the molecule is CCN(CCOC(=O)CCCC(=O)O)c1ccc(N=Nc2ccc([N+](=O)[O-])cc2)cc1.CNC(=O)C(CO)NC(=O)OC(C)(C)CCCCOC. The van der Waals surface area contributed by atoms with E-state index in [-0.39, 0.29) is 31.6 Å². The number of non-ortho nitro benzene ring substituents is 1. The number of esters is 1. The minimum absolute atomic E-state index is 0.00565. The number of hydrogen-bond acceptors (Lipinski definition) is 13. The molecule has 0 spiro atoms. The van der Waals surface area contributed by atoms with Crippen LogP contribution in [0.4, 0.5) is 27.5 Å². The monoisotopic (exact) mass is 718 g/mol. The topological polar surface area (TPSA) is 232 Å². The lowest BCUT2D eigenvalue weighted by Crippen LogP contribution is -2.49. The number of aliphatic hydroxyl groups excluding tert-OH is 1. The standard InChI is InChI=1S/C21H24N4O6.C13H26N2O5/c1-2-24(14-15-31-21(28)5-3-4-20(26)27)18-10-6-16(7-11-18)22-23-17-8-12-19(13-9-17)25(29)30;1-13(2,7-5-6-8-19-4)20-12(18)15-10(9-16)11(17)14-3/h6-13H,2-5,14-15H2,1H3,(H,26,27);10,16H,5-9H2,1-4H3,(H,14,17)(H,15,18). The number of carboxylic acids is 1. The van der Waals surface area contributed by atoms with Crippen molar-refractivity contribution in [2.24, 2.45) is 10.2 Å². The van der Waals surface area contributed by atoms with Crippen LogP contribution in [0.5, 0.6) is 0 Å². The number of carboxylic acid groups (broad SMARTS) is 1. The number of nitrogens with zero attached hydrogens (tertiary/aromatic N) is 4. The number of anilines is 1. The number of likely N-dealkylation sites (N-methyl/N-ethyl adjacent to an activating group) is 2. The highest BCUT2D eigenvalue weighted by Gasteiger charge is 2.26. The number of ether oxygens (including phenoxy) is 3. The number of benzene rings is 2. The van der Waals surface area contributed by atoms with Crippen LogP contribution in [0, 0.1) is 10.1 Å². The number of methoxy groups -OCH3 is 1.